The molecule has 104 valence electrons. The normalized spacial score (nSPS) is 14.1. The van der Waals surface area contributed by atoms with Gasteiger partial charge in [-0.15, -0.1) is 0 Å². The van der Waals surface area contributed by atoms with E-state index in [4.69, 9.17) is 20.3 Å². The summed E-state index contributed by atoms with van der Waals surface area (Å²) in [7, 11) is 1.11. The van der Waals surface area contributed by atoms with Crippen LogP contribution in [0.3, 0.4) is 0 Å². The SMILES string of the molecule is CO[Si](OC)(C(C)(C)CCN)C(C)(C)CCN. The molecule has 0 spiro atoms. The molecule has 0 bridgehead atoms. The van der Waals surface area contributed by atoms with Crippen LogP contribution in [0.2, 0.25) is 10.1 Å². The van der Waals surface area contributed by atoms with Crippen LogP contribution >= 0.6 is 0 Å². The fourth-order valence-corrected chi connectivity index (χ4v) is 8.31. The molecular formula is C12H30N2O2Si. The van der Waals surface area contributed by atoms with Gasteiger partial charge >= 0.3 is 8.56 Å². The standard InChI is InChI=1S/C12H30N2O2Si/c1-11(2,7-9-13)17(15-5,16-6)12(3,4)8-10-14/h7-10,13-14H2,1-6H3. The number of nitrogens with two attached hydrogens (primary N) is 2. The maximum Gasteiger partial charge on any atom is 0.349 e. The smallest absolute Gasteiger partial charge is 0.349 e. The molecule has 0 saturated carbocycles. The van der Waals surface area contributed by atoms with Gasteiger partial charge in [-0.25, -0.2) is 0 Å². The predicted molar refractivity (Wildman–Crippen MR) is 75.2 cm³/mol. The van der Waals surface area contributed by atoms with Crippen LogP contribution < -0.4 is 11.5 Å². The van der Waals surface area contributed by atoms with Crippen LogP contribution in [-0.4, -0.2) is 35.9 Å². The maximum absolute atomic E-state index is 5.93. The van der Waals surface area contributed by atoms with Crippen LogP contribution in [-0.2, 0) is 8.85 Å². The quantitative estimate of drug-likeness (QED) is 0.656. The molecular weight excluding hydrogens is 232 g/mol. The fourth-order valence-electron chi connectivity index (χ4n) is 3.16. The van der Waals surface area contributed by atoms with Crippen molar-refractivity contribution in [3.05, 3.63) is 0 Å². The van der Waals surface area contributed by atoms with Gasteiger partial charge in [0, 0.05) is 24.3 Å². The third kappa shape index (κ3) is 3.09. The number of rotatable bonds is 8. The first-order chi connectivity index (χ1) is 7.74. The second kappa shape index (κ2) is 6.29. The Morgan fingerprint density at radius 2 is 1.12 bits per heavy atom. The Morgan fingerprint density at radius 3 is 1.29 bits per heavy atom. The highest BCUT2D eigenvalue weighted by Crippen LogP contribution is 2.55. The summed E-state index contributed by atoms with van der Waals surface area (Å²) in [4.78, 5) is 0. The van der Waals surface area contributed by atoms with E-state index in [1.54, 1.807) is 14.2 Å². The van der Waals surface area contributed by atoms with E-state index in [0.717, 1.165) is 12.8 Å². The van der Waals surface area contributed by atoms with Crippen molar-refractivity contribution in [2.75, 3.05) is 27.3 Å². The molecule has 0 aliphatic carbocycles. The Bertz CT molecular complexity index is 209. The third-order valence-corrected chi connectivity index (χ3v) is 9.11. The first kappa shape index (κ1) is 17.1. The summed E-state index contributed by atoms with van der Waals surface area (Å²) in [6, 6.07) is 0. The van der Waals surface area contributed by atoms with Crippen LogP contribution in [0.5, 0.6) is 0 Å². The molecule has 0 aromatic rings. The molecule has 0 radical (unpaired) electrons. The summed E-state index contributed by atoms with van der Waals surface area (Å²) in [5.74, 6) is 0. The van der Waals surface area contributed by atoms with Crippen molar-refractivity contribution in [3.8, 4) is 0 Å². The molecule has 0 amide bonds. The lowest BCUT2D eigenvalue weighted by Crippen LogP contribution is -2.58. The van der Waals surface area contributed by atoms with Gasteiger partial charge in [-0.3, -0.25) is 0 Å². The van der Waals surface area contributed by atoms with Gasteiger partial charge < -0.3 is 20.3 Å². The van der Waals surface area contributed by atoms with Crippen LogP contribution in [0, 0.1) is 0 Å². The van der Waals surface area contributed by atoms with E-state index >= 15 is 0 Å². The summed E-state index contributed by atoms with van der Waals surface area (Å²) >= 11 is 0. The molecule has 0 heterocycles. The highest BCUT2D eigenvalue weighted by Gasteiger charge is 2.60. The van der Waals surface area contributed by atoms with Crippen molar-refractivity contribution in [1.82, 2.24) is 0 Å². The summed E-state index contributed by atoms with van der Waals surface area (Å²) in [5.41, 5.74) is 11.4. The first-order valence-corrected chi connectivity index (χ1v) is 8.06. The van der Waals surface area contributed by atoms with Crippen LogP contribution in [0.25, 0.3) is 0 Å². The molecule has 0 saturated heterocycles. The average Bonchev–Trinajstić information content (AvgIpc) is 2.18. The Kier molecular flexibility index (Phi) is 6.31. The molecule has 0 aromatic heterocycles. The van der Waals surface area contributed by atoms with Crippen molar-refractivity contribution in [2.45, 2.75) is 50.6 Å². The van der Waals surface area contributed by atoms with E-state index in [9.17, 15) is 0 Å². The highest BCUT2D eigenvalue weighted by molar-refractivity contribution is 6.73. The first-order valence-electron chi connectivity index (χ1n) is 6.25. The summed E-state index contributed by atoms with van der Waals surface area (Å²) in [6.45, 7) is 10.1. The van der Waals surface area contributed by atoms with Crippen molar-refractivity contribution in [1.29, 1.82) is 0 Å². The molecule has 5 heteroatoms. The average molecular weight is 262 g/mol. The van der Waals surface area contributed by atoms with E-state index < -0.39 is 8.56 Å². The minimum Gasteiger partial charge on any atom is -0.397 e. The second-order valence-electron chi connectivity index (χ2n) is 5.87. The molecule has 0 aliphatic heterocycles. The molecule has 4 N–H and O–H groups in total. The number of hydrogen-bond donors (Lipinski definition) is 2. The van der Waals surface area contributed by atoms with Gasteiger partial charge in [-0.05, 0) is 25.9 Å². The van der Waals surface area contributed by atoms with Gasteiger partial charge in [0.15, 0.2) is 0 Å². The summed E-state index contributed by atoms with van der Waals surface area (Å²) < 4.78 is 11.9. The highest BCUT2D eigenvalue weighted by atomic mass is 28.4. The van der Waals surface area contributed by atoms with Gasteiger partial charge in [0.2, 0.25) is 0 Å². The van der Waals surface area contributed by atoms with Crippen LogP contribution in [0.4, 0.5) is 0 Å². The third-order valence-electron chi connectivity index (χ3n) is 3.90. The fraction of sp³-hybridized carbons (Fsp3) is 1.00. The van der Waals surface area contributed by atoms with E-state index in [1.807, 2.05) is 0 Å². The van der Waals surface area contributed by atoms with E-state index in [2.05, 4.69) is 27.7 Å². The van der Waals surface area contributed by atoms with Gasteiger partial charge in [-0.1, -0.05) is 27.7 Å². The molecule has 17 heavy (non-hydrogen) atoms. The maximum atomic E-state index is 5.93. The zero-order chi connectivity index (χ0) is 13.7. The van der Waals surface area contributed by atoms with Crippen LogP contribution in [0.1, 0.15) is 40.5 Å². The molecule has 0 aromatic carbocycles. The van der Waals surface area contributed by atoms with Gasteiger partial charge in [0.25, 0.3) is 0 Å². The summed E-state index contributed by atoms with van der Waals surface area (Å²) in [5, 5.41) is -0.0756. The zero-order valence-corrected chi connectivity index (χ0v) is 13.3. The van der Waals surface area contributed by atoms with E-state index in [-0.39, 0.29) is 10.1 Å². The van der Waals surface area contributed by atoms with E-state index in [0.29, 0.717) is 13.1 Å². The topological polar surface area (TPSA) is 70.5 Å². The lowest BCUT2D eigenvalue weighted by atomic mass is 10.1. The lowest BCUT2D eigenvalue weighted by Gasteiger charge is -2.50. The van der Waals surface area contributed by atoms with Gasteiger partial charge in [-0.2, -0.15) is 0 Å². The van der Waals surface area contributed by atoms with Crippen molar-refractivity contribution >= 4 is 8.56 Å². The molecule has 4 nitrogen and oxygen atoms in total. The van der Waals surface area contributed by atoms with Crippen molar-refractivity contribution in [2.24, 2.45) is 11.5 Å². The predicted octanol–water partition coefficient (Wildman–Crippen LogP) is 1.98. The minimum atomic E-state index is -2.40. The van der Waals surface area contributed by atoms with Crippen molar-refractivity contribution in [3.63, 3.8) is 0 Å². The minimum absolute atomic E-state index is 0.0378. The Balaban J connectivity index is 5.42. The second-order valence-corrected chi connectivity index (χ2v) is 10.6. The zero-order valence-electron chi connectivity index (χ0n) is 12.3. The summed E-state index contributed by atoms with van der Waals surface area (Å²) in [6.07, 6.45) is 1.80. The Labute approximate surface area is 107 Å². The van der Waals surface area contributed by atoms with Gasteiger partial charge in [0.05, 0.1) is 0 Å². The van der Waals surface area contributed by atoms with Crippen LogP contribution in [0.15, 0.2) is 0 Å². The van der Waals surface area contributed by atoms with Crippen molar-refractivity contribution < 1.29 is 8.85 Å². The number of hydrogen-bond acceptors (Lipinski definition) is 4. The molecule has 0 fully saturated rings. The Hall–Kier alpha value is 0.0569. The Morgan fingerprint density at radius 1 is 0.824 bits per heavy atom. The monoisotopic (exact) mass is 262 g/mol. The molecule has 0 unspecified atom stereocenters. The lowest BCUT2D eigenvalue weighted by molar-refractivity contribution is 0.173. The largest absolute Gasteiger partial charge is 0.397 e. The van der Waals surface area contributed by atoms with Gasteiger partial charge in [0.1, 0.15) is 0 Å². The molecule has 0 atom stereocenters. The molecule has 0 rings (SSSR count). The molecule has 0 aliphatic rings. The van der Waals surface area contributed by atoms with E-state index in [1.165, 1.54) is 0 Å².